The van der Waals surface area contributed by atoms with Gasteiger partial charge in [-0.3, -0.25) is 0 Å². The van der Waals surface area contributed by atoms with Crippen LogP contribution in [0, 0.1) is 0 Å². The smallest absolute Gasteiger partial charge is 0.118 e. The van der Waals surface area contributed by atoms with Crippen molar-refractivity contribution in [2.45, 2.75) is 12.3 Å². The van der Waals surface area contributed by atoms with E-state index in [0.717, 1.165) is 23.7 Å². The molecule has 0 spiro atoms. The van der Waals surface area contributed by atoms with Crippen LogP contribution in [0.2, 0.25) is 5.02 Å². The van der Waals surface area contributed by atoms with Crippen molar-refractivity contribution in [3.63, 3.8) is 0 Å². The molecule has 2 aromatic carbocycles. The maximum atomic E-state index is 6.12. The monoisotopic (exact) mass is 289 g/mol. The summed E-state index contributed by atoms with van der Waals surface area (Å²) < 4.78 is 5.22. The highest BCUT2D eigenvalue weighted by Gasteiger charge is 2.14. The second-order valence-electron chi connectivity index (χ2n) is 4.77. The van der Waals surface area contributed by atoms with Crippen LogP contribution in [-0.2, 0) is 0 Å². The molecule has 106 valence electrons. The number of methoxy groups -OCH3 is 1. The fraction of sp³-hybridized carbons (Fsp3) is 0.294. The molecule has 0 fully saturated rings. The first kappa shape index (κ1) is 14.9. The van der Waals surface area contributed by atoms with Crippen molar-refractivity contribution in [3.8, 4) is 5.75 Å². The summed E-state index contributed by atoms with van der Waals surface area (Å²) >= 11 is 6.12. The maximum absolute atomic E-state index is 6.12. The molecule has 0 radical (unpaired) electrons. The van der Waals surface area contributed by atoms with Gasteiger partial charge in [0.1, 0.15) is 5.75 Å². The largest absolute Gasteiger partial charge is 0.497 e. The van der Waals surface area contributed by atoms with Gasteiger partial charge in [0, 0.05) is 10.9 Å². The van der Waals surface area contributed by atoms with Crippen molar-refractivity contribution < 1.29 is 4.74 Å². The summed E-state index contributed by atoms with van der Waals surface area (Å²) in [4.78, 5) is 0. The van der Waals surface area contributed by atoms with Crippen molar-refractivity contribution in [2.24, 2.45) is 0 Å². The van der Waals surface area contributed by atoms with Crippen LogP contribution in [0.15, 0.2) is 48.5 Å². The van der Waals surface area contributed by atoms with E-state index in [2.05, 4.69) is 23.5 Å². The normalized spacial score (nSPS) is 12.2. The summed E-state index contributed by atoms with van der Waals surface area (Å²) in [5.74, 6) is 1.22. The minimum Gasteiger partial charge on any atom is -0.497 e. The van der Waals surface area contributed by atoms with Crippen LogP contribution in [-0.4, -0.2) is 20.7 Å². The summed E-state index contributed by atoms with van der Waals surface area (Å²) in [6, 6.07) is 16.4. The molecule has 20 heavy (non-hydrogen) atoms. The zero-order valence-electron chi connectivity index (χ0n) is 11.9. The zero-order valence-corrected chi connectivity index (χ0v) is 12.7. The third-order valence-corrected chi connectivity index (χ3v) is 3.69. The predicted octanol–water partition coefficient (Wildman–Crippen LogP) is 4.09. The van der Waals surface area contributed by atoms with Crippen molar-refractivity contribution in [1.82, 2.24) is 5.32 Å². The number of hydrogen-bond acceptors (Lipinski definition) is 2. The van der Waals surface area contributed by atoms with E-state index < -0.39 is 0 Å². The summed E-state index contributed by atoms with van der Waals surface area (Å²) in [6.45, 7) is 0.962. The molecule has 2 rings (SSSR count). The van der Waals surface area contributed by atoms with E-state index >= 15 is 0 Å². The lowest BCUT2D eigenvalue weighted by molar-refractivity contribution is 0.414. The van der Waals surface area contributed by atoms with E-state index in [1.807, 2.05) is 37.4 Å². The first-order valence-corrected chi connectivity index (χ1v) is 7.16. The van der Waals surface area contributed by atoms with Crippen molar-refractivity contribution in [2.75, 3.05) is 20.7 Å². The molecule has 1 atom stereocenters. The molecule has 1 N–H and O–H groups in total. The first-order chi connectivity index (χ1) is 9.74. The summed E-state index contributed by atoms with van der Waals surface area (Å²) in [6.07, 6.45) is 1.03. The Balaban J connectivity index is 2.30. The lowest BCUT2D eigenvalue weighted by atomic mass is 9.88. The molecule has 0 aliphatic rings. The quantitative estimate of drug-likeness (QED) is 0.865. The van der Waals surface area contributed by atoms with Gasteiger partial charge in [-0.15, -0.1) is 0 Å². The highest BCUT2D eigenvalue weighted by atomic mass is 35.5. The van der Waals surface area contributed by atoms with E-state index in [4.69, 9.17) is 16.3 Å². The number of benzene rings is 2. The average molecular weight is 290 g/mol. The van der Waals surface area contributed by atoms with Crippen LogP contribution in [0.3, 0.4) is 0 Å². The Kier molecular flexibility index (Phi) is 5.45. The minimum absolute atomic E-state index is 0.340. The van der Waals surface area contributed by atoms with Gasteiger partial charge in [-0.2, -0.15) is 0 Å². The van der Waals surface area contributed by atoms with Crippen LogP contribution in [0.4, 0.5) is 0 Å². The Hall–Kier alpha value is -1.51. The number of ether oxygens (including phenoxy) is 1. The standard InChI is InChI=1S/C17H20ClNO/c1-19-11-10-17(14-4-3-5-15(18)12-14)13-6-8-16(20-2)9-7-13/h3-9,12,17,19H,10-11H2,1-2H3. The Bertz CT molecular complexity index is 539. The highest BCUT2D eigenvalue weighted by Crippen LogP contribution is 2.30. The number of nitrogens with one attached hydrogen (secondary N) is 1. The molecular formula is C17H20ClNO. The Morgan fingerprint density at radius 3 is 2.45 bits per heavy atom. The molecule has 0 aliphatic carbocycles. The zero-order chi connectivity index (χ0) is 14.4. The SMILES string of the molecule is CNCCC(c1ccc(OC)cc1)c1cccc(Cl)c1. The molecule has 0 heterocycles. The second kappa shape index (κ2) is 7.32. The van der Waals surface area contributed by atoms with Crippen LogP contribution in [0.25, 0.3) is 0 Å². The topological polar surface area (TPSA) is 21.3 Å². The van der Waals surface area contributed by atoms with Gasteiger partial charge in [-0.25, -0.2) is 0 Å². The number of halogens is 1. The Morgan fingerprint density at radius 2 is 1.85 bits per heavy atom. The minimum atomic E-state index is 0.340. The Labute approximate surface area is 125 Å². The molecular weight excluding hydrogens is 270 g/mol. The van der Waals surface area contributed by atoms with Gasteiger partial charge in [0.25, 0.3) is 0 Å². The second-order valence-corrected chi connectivity index (χ2v) is 5.21. The lowest BCUT2D eigenvalue weighted by Crippen LogP contribution is -2.13. The average Bonchev–Trinajstić information content (AvgIpc) is 2.48. The van der Waals surface area contributed by atoms with Crippen molar-refractivity contribution in [3.05, 3.63) is 64.7 Å². The fourth-order valence-corrected chi connectivity index (χ4v) is 2.57. The molecule has 3 heteroatoms. The van der Waals surface area contributed by atoms with Crippen LogP contribution in [0.1, 0.15) is 23.5 Å². The van der Waals surface area contributed by atoms with E-state index in [1.54, 1.807) is 7.11 Å². The van der Waals surface area contributed by atoms with E-state index in [0.29, 0.717) is 5.92 Å². The highest BCUT2D eigenvalue weighted by molar-refractivity contribution is 6.30. The summed E-state index contributed by atoms with van der Waals surface area (Å²) in [5.41, 5.74) is 2.53. The van der Waals surface area contributed by atoms with Crippen molar-refractivity contribution in [1.29, 1.82) is 0 Å². The first-order valence-electron chi connectivity index (χ1n) is 6.78. The summed E-state index contributed by atoms with van der Waals surface area (Å²) in [5, 5.41) is 4.00. The molecule has 2 nitrogen and oxygen atoms in total. The van der Waals surface area contributed by atoms with E-state index in [1.165, 1.54) is 11.1 Å². The van der Waals surface area contributed by atoms with Gasteiger partial charge in [0.2, 0.25) is 0 Å². The molecule has 2 aromatic rings. The number of hydrogen-bond donors (Lipinski definition) is 1. The van der Waals surface area contributed by atoms with E-state index in [-0.39, 0.29) is 0 Å². The van der Waals surface area contributed by atoms with Crippen LogP contribution >= 0.6 is 11.6 Å². The molecule has 0 saturated carbocycles. The molecule has 0 saturated heterocycles. The van der Waals surface area contributed by atoms with Crippen LogP contribution < -0.4 is 10.1 Å². The Morgan fingerprint density at radius 1 is 1.10 bits per heavy atom. The summed E-state index contributed by atoms with van der Waals surface area (Å²) in [7, 11) is 3.66. The third kappa shape index (κ3) is 3.75. The molecule has 0 amide bonds. The predicted molar refractivity (Wildman–Crippen MR) is 84.8 cm³/mol. The van der Waals surface area contributed by atoms with Gasteiger partial charge in [0.05, 0.1) is 7.11 Å². The van der Waals surface area contributed by atoms with Gasteiger partial charge < -0.3 is 10.1 Å². The molecule has 1 unspecified atom stereocenters. The number of rotatable bonds is 6. The van der Waals surface area contributed by atoms with Gasteiger partial charge in [0.15, 0.2) is 0 Å². The fourth-order valence-electron chi connectivity index (χ4n) is 2.37. The van der Waals surface area contributed by atoms with Crippen LogP contribution in [0.5, 0.6) is 5.75 Å². The van der Waals surface area contributed by atoms with Gasteiger partial charge >= 0.3 is 0 Å². The van der Waals surface area contributed by atoms with E-state index in [9.17, 15) is 0 Å². The molecule has 0 aromatic heterocycles. The van der Waals surface area contributed by atoms with Gasteiger partial charge in [-0.05, 0) is 55.4 Å². The molecule has 0 bridgehead atoms. The maximum Gasteiger partial charge on any atom is 0.118 e. The lowest BCUT2D eigenvalue weighted by Gasteiger charge is -2.18. The van der Waals surface area contributed by atoms with Crippen molar-refractivity contribution >= 4 is 11.6 Å². The molecule has 0 aliphatic heterocycles. The van der Waals surface area contributed by atoms with Gasteiger partial charge in [-0.1, -0.05) is 35.9 Å². The third-order valence-electron chi connectivity index (χ3n) is 3.45.